The Labute approximate surface area is 118 Å². The van der Waals surface area contributed by atoms with E-state index in [9.17, 15) is 9.90 Å². The highest BCUT2D eigenvalue weighted by molar-refractivity contribution is 6.33. The Hall–Kier alpha value is -1.10. The Morgan fingerprint density at radius 3 is 2.42 bits per heavy atom. The van der Waals surface area contributed by atoms with Gasteiger partial charge >= 0.3 is 0 Å². The van der Waals surface area contributed by atoms with Crippen LogP contribution in [-0.2, 0) is 4.79 Å². The number of nitrogens with two attached hydrogens (primary N) is 1. The van der Waals surface area contributed by atoms with Crippen LogP contribution in [0.3, 0.4) is 0 Å². The molecule has 1 amide bonds. The summed E-state index contributed by atoms with van der Waals surface area (Å²) >= 11 is 6.07. The van der Waals surface area contributed by atoms with Crippen molar-refractivity contribution < 1.29 is 9.90 Å². The number of carbonyl (C=O) groups excluding carboxylic acids is 1. The van der Waals surface area contributed by atoms with Crippen LogP contribution < -0.4 is 11.1 Å². The third-order valence-electron chi connectivity index (χ3n) is 2.99. The van der Waals surface area contributed by atoms with Crippen molar-refractivity contribution in [1.29, 1.82) is 0 Å². The molecule has 4 N–H and O–H groups in total. The maximum atomic E-state index is 11.0. The van der Waals surface area contributed by atoms with Crippen molar-refractivity contribution in [2.45, 2.75) is 39.8 Å². The van der Waals surface area contributed by atoms with E-state index in [-0.39, 0.29) is 11.3 Å². The molecule has 0 aliphatic carbocycles. The summed E-state index contributed by atoms with van der Waals surface area (Å²) in [5, 5.41) is 13.2. The monoisotopic (exact) mass is 284 g/mol. The first-order chi connectivity index (χ1) is 8.62. The van der Waals surface area contributed by atoms with Gasteiger partial charge in [-0.25, -0.2) is 0 Å². The number of carbonyl (C=O) groups is 1. The molecule has 19 heavy (non-hydrogen) atoms. The van der Waals surface area contributed by atoms with Gasteiger partial charge in [0.1, 0.15) is 0 Å². The highest BCUT2D eigenvalue weighted by Crippen LogP contribution is 2.31. The molecule has 0 spiro atoms. The van der Waals surface area contributed by atoms with Gasteiger partial charge in [-0.1, -0.05) is 38.4 Å². The van der Waals surface area contributed by atoms with Crippen LogP contribution in [0.5, 0.6) is 0 Å². The Balaban J connectivity index is 2.97. The number of hydrogen-bond donors (Lipinski definition) is 3. The van der Waals surface area contributed by atoms with Gasteiger partial charge in [-0.15, -0.1) is 0 Å². The van der Waals surface area contributed by atoms with Crippen LogP contribution in [0.2, 0.25) is 5.02 Å². The van der Waals surface area contributed by atoms with E-state index in [0.717, 1.165) is 0 Å². The molecule has 0 heterocycles. The minimum Gasteiger partial charge on any atom is -0.387 e. The van der Waals surface area contributed by atoms with Crippen LogP contribution in [0, 0.1) is 5.41 Å². The molecule has 0 radical (unpaired) electrons. The van der Waals surface area contributed by atoms with Gasteiger partial charge in [0.25, 0.3) is 0 Å². The third-order valence-corrected chi connectivity index (χ3v) is 3.30. The third kappa shape index (κ3) is 4.20. The number of aliphatic hydroxyl groups excluding tert-OH is 1. The molecule has 0 fully saturated rings. The normalized spacial score (nSPS) is 14.9. The average Bonchev–Trinajstić information content (AvgIpc) is 2.28. The molecule has 2 unspecified atom stereocenters. The van der Waals surface area contributed by atoms with E-state index in [1.807, 2.05) is 20.8 Å². The molecule has 0 aromatic heterocycles. The summed E-state index contributed by atoms with van der Waals surface area (Å²) in [5.74, 6) is -0.193. The second kappa shape index (κ2) is 5.90. The van der Waals surface area contributed by atoms with Crippen LogP contribution >= 0.6 is 11.6 Å². The standard InChI is InChI=1S/C14H21ClN2O2/c1-8(18)17-11-6-5-9(7-10(11)15)12(19)13(16)14(2,3)4/h5-7,12-13,19H,16H2,1-4H3,(H,17,18). The average molecular weight is 285 g/mol. The summed E-state index contributed by atoms with van der Waals surface area (Å²) in [6.07, 6.45) is -0.802. The molecule has 1 rings (SSSR count). The van der Waals surface area contributed by atoms with Crippen molar-refractivity contribution in [1.82, 2.24) is 0 Å². The van der Waals surface area contributed by atoms with E-state index in [2.05, 4.69) is 5.32 Å². The van der Waals surface area contributed by atoms with E-state index < -0.39 is 12.1 Å². The lowest BCUT2D eigenvalue weighted by molar-refractivity contribution is -0.114. The van der Waals surface area contributed by atoms with E-state index in [4.69, 9.17) is 17.3 Å². The maximum Gasteiger partial charge on any atom is 0.221 e. The van der Waals surface area contributed by atoms with Crippen molar-refractivity contribution in [3.05, 3.63) is 28.8 Å². The number of aliphatic hydroxyl groups is 1. The molecule has 1 aromatic rings. The van der Waals surface area contributed by atoms with Crippen LogP contribution in [0.1, 0.15) is 39.4 Å². The Morgan fingerprint density at radius 2 is 2.00 bits per heavy atom. The minimum atomic E-state index is -0.802. The first-order valence-electron chi connectivity index (χ1n) is 6.13. The molecule has 0 saturated carbocycles. The highest BCUT2D eigenvalue weighted by atomic mass is 35.5. The molecule has 0 aliphatic heterocycles. The van der Waals surface area contributed by atoms with Crippen molar-refractivity contribution in [2.75, 3.05) is 5.32 Å². The molecule has 0 bridgehead atoms. The van der Waals surface area contributed by atoms with Gasteiger partial charge in [-0.2, -0.15) is 0 Å². The lowest BCUT2D eigenvalue weighted by atomic mass is 9.82. The van der Waals surface area contributed by atoms with E-state index in [1.165, 1.54) is 6.92 Å². The van der Waals surface area contributed by atoms with Gasteiger partial charge < -0.3 is 16.2 Å². The number of hydrogen-bond acceptors (Lipinski definition) is 3. The fraction of sp³-hybridized carbons (Fsp3) is 0.500. The summed E-state index contributed by atoms with van der Waals surface area (Å²) in [6, 6.07) is 4.60. The topological polar surface area (TPSA) is 75.3 Å². The van der Waals surface area contributed by atoms with Crippen molar-refractivity contribution in [2.24, 2.45) is 11.1 Å². The smallest absolute Gasteiger partial charge is 0.221 e. The summed E-state index contributed by atoms with van der Waals surface area (Å²) in [7, 11) is 0. The number of benzene rings is 1. The van der Waals surface area contributed by atoms with Crippen molar-refractivity contribution in [3.8, 4) is 0 Å². The predicted octanol–water partition coefficient (Wildman–Crippen LogP) is 2.71. The summed E-state index contributed by atoms with van der Waals surface area (Å²) < 4.78 is 0. The Kier molecular flexibility index (Phi) is 4.96. The molecular formula is C14H21ClN2O2. The van der Waals surface area contributed by atoms with Gasteiger partial charge in [0.15, 0.2) is 0 Å². The quantitative estimate of drug-likeness (QED) is 0.799. The molecular weight excluding hydrogens is 264 g/mol. The largest absolute Gasteiger partial charge is 0.387 e. The number of halogens is 1. The van der Waals surface area contributed by atoms with Crippen molar-refractivity contribution >= 4 is 23.2 Å². The minimum absolute atomic E-state index is 0.193. The molecule has 5 heteroatoms. The van der Waals surface area contributed by atoms with E-state index >= 15 is 0 Å². The van der Waals surface area contributed by atoms with Gasteiger partial charge in [0.2, 0.25) is 5.91 Å². The molecule has 2 atom stereocenters. The van der Waals surface area contributed by atoms with Crippen LogP contribution in [-0.4, -0.2) is 17.1 Å². The number of rotatable bonds is 3. The number of anilines is 1. The SMILES string of the molecule is CC(=O)Nc1ccc(C(O)C(N)C(C)(C)C)cc1Cl. The van der Waals surface area contributed by atoms with Crippen LogP contribution in [0.25, 0.3) is 0 Å². The second-order valence-electron chi connectivity index (χ2n) is 5.76. The molecule has 0 saturated heterocycles. The molecule has 4 nitrogen and oxygen atoms in total. The molecule has 0 aliphatic rings. The fourth-order valence-corrected chi connectivity index (χ4v) is 1.92. The predicted molar refractivity (Wildman–Crippen MR) is 78.1 cm³/mol. The van der Waals surface area contributed by atoms with Gasteiger partial charge in [-0.3, -0.25) is 4.79 Å². The first-order valence-corrected chi connectivity index (χ1v) is 6.51. The van der Waals surface area contributed by atoms with Gasteiger partial charge in [0, 0.05) is 13.0 Å². The highest BCUT2D eigenvalue weighted by Gasteiger charge is 2.28. The van der Waals surface area contributed by atoms with Crippen LogP contribution in [0.15, 0.2) is 18.2 Å². The molecule has 1 aromatic carbocycles. The number of amides is 1. The summed E-state index contributed by atoms with van der Waals surface area (Å²) in [6.45, 7) is 7.31. The van der Waals surface area contributed by atoms with Gasteiger partial charge in [0.05, 0.1) is 16.8 Å². The maximum absolute atomic E-state index is 11.0. The second-order valence-corrected chi connectivity index (χ2v) is 6.16. The molecule has 106 valence electrons. The first kappa shape index (κ1) is 16.0. The van der Waals surface area contributed by atoms with E-state index in [1.54, 1.807) is 18.2 Å². The zero-order chi connectivity index (χ0) is 14.8. The van der Waals surface area contributed by atoms with E-state index in [0.29, 0.717) is 16.3 Å². The Bertz CT molecular complexity index is 469. The summed E-state index contributed by atoms with van der Waals surface area (Å²) in [4.78, 5) is 11.0. The van der Waals surface area contributed by atoms with Crippen molar-refractivity contribution in [3.63, 3.8) is 0 Å². The Morgan fingerprint density at radius 1 is 1.42 bits per heavy atom. The van der Waals surface area contributed by atoms with Crippen LogP contribution in [0.4, 0.5) is 5.69 Å². The number of nitrogens with one attached hydrogen (secondary N) is 1. The lowest BCUT2D eigenvalue weighted by Crippen LogP contribution is -2.40. The zero-order valence-electron chi connectivity index (χ0n) is 11.7. The lowest BCUT2D eigenvalue weighted by Gasteiger charge is -2.31. The zero-order valence-corrected chi connectivity index (χ0v) is 12.5. The fourth-order valence-electron chi connectivity index (χ4n) is 1.69. The van der Waals surface area contributed by atoms with Gasteiger partial charge in [-0.05, 0) is 23.1 Å². The summed E-state index contributed by atoms with van der Waals surface area (Å²) in [5.41, 5.74) is 6.98.